The van der Waals surface area contributed by atoms with E-state index < -0.39 is 5.54 Å². The van der Waals surface area contributed by atoms with Gasteiger partial charge in [0.25, 0.3) is 5.91 Å². The Morgan fingerprint density at radius 3 is 2.48 bits per heavy atom. The van der Waals surface area contributed by atoms with Crippen LogP contribution in [0.4, 0.5) is 11.6 Å². The smallest absolute Gasteiger partial charge is 0.269 e. The van der Waals surface area contributed by atoms with Gasteiger partial charge >= 0.3 is 0 Å². The molecule has 5 N–H and O–H groups in total. The number of aromatic nitrogens is 3. The summed E-state index contributed by atoms with van der Waals surface area (Å²) >= 11 is 3.30. The molecule has 0 radical (unpaired) electrons. The lowest BCUT2D eigenvalue weighted by Crippen LogP contribution is -2.44. The summed E-state index contributed by atoms with van der Waals surface area (Å²) in [6.07, 6.45) is 2.93. The van der Waals surface area contributed by atoms with Gasteiger partial charge in [-0.25, -0.2) is 15.0 Å². The lowest BCUT2D eigenvalue weighted by atomic mass is 10.00. The number of nitrogen functional groups attached to an aromatic ring is 1. The lowest BCUT2D eigenvalue weighted by molar-refractivity contribution is 0.0942. The largest absolute Gasteiger partial charge is 0.383 e. The number of nitrogens with two attached hydrogens (primary N) is 1. The summed E-state index contributed by atoms with van der Waals surface area (Å²) < 4.78 is 0.802. The molecule has 0 aliphatic carbocycles. The molecule has 0 saturated heterocycles. The highest BCUT2D eigenvalue weighted by atomic mass is 79.9. The number of anilines is 2. The second-order valence-corrected chi connectivity index (χ2v) is 8.69. The standard InChI is InChI=1S/C22H24BrN7O/c1-13-4-6-14(7-5-13)18(24)17-19(25)28-12-29-20(17)30-22(2,3)11-27-21(31)16-9-8-15(23)10-26-16/h4-10,12,24H,11H2,1-3H3,(H,27,31)(H3,25,28,29,30). The van der Waals surface area contributed by atoms with Crippen molar-refractivity contribution < 1.29 is 4.79 Å². The van der Waals surface area contributed by atoms with Crippen molar-refractivity contribution in [1.82, 2.24) is 20.3 Å². The molecule has 9 heteroatoms. The Morgan fingerprint density at radius 1 is 1.13 bits per heavy atom. The van der Waals surface area contributed by atoms with Crippen molar-refractivity contribution in [1.29, 1.82) is 5.41 Å². The van der Waals surface area contributed by atoms with Gasteiger partial charge < -0.3 is 16.4 Å². The average molecular weight is 482 g/mol. The fourth-order valence-electron chi connectivity index (χ4n) is 2.87. The SMILES string of the molecule is Cc1ccc(C(=N)c2c(N)ncnc2NC(C)(C)CNC(=O)c2ccc(Br)cn2)cc1. The van der Waals surface area contributed by atoms with E-state index in [1.807, 2.05) is 45.0 Å². The quantitative estimate of drug-likeness (QED) is 0.381. The van der Waals surface area contributed by atoms with Crippen LogP contribution < -0.4 is 16.4 Å². The van der Waals surface area contributed by atoms with E-state index in [0.717, 1.165) is 10.0 Å². The molecule has 0 aliphatic heterocycles. The Balaban J connectivity index is 1.77. The fraction of sp³-hybridized carbons (Fsp3) is 0.227. The maximum Gasteiger partial charge on any atom is 0.269 e. The Bertz CT molecular complexity index is 1100. The van der Waals surface area contributed by atoms with Crippen molar-refractivity contribution >= 4 is 39.2 Å². The highest BCUT2D eigenvalue weighted by Gasteiger charge is 2.24. The van der Waals surface area contributed by atoms with E-state index in [1.165, 1.54) is 6.33 Å². The van der Waals surface area contributed by atoms with Crippen molar-refractivity contribution in [2.24, 2.45) is 0 Å². The number of hydrogen-bond donors (Lipinski definition) is 4. The van der Waals surface area contributed by atoms with Gasteiger partial charge in [0.2, 0.25) is 0 Å². The molecule has 2 aromatic heterocycles. The normalized spacial score (nSPS) is 11.1. The molecular weight excluding hydrogens is 458 g/mol. The number of carbonyl (C=O) groups excluding carboxylic acids is 1. The summed E-state index contributed by atoms with van der Waals surface area (Å²) in [5.74, 6) is 0.360. The highest BCUT2D eigenvalue weighted by molar-refractivity contribution is 9.10. The molecule has 8 nitrogen and oxygen atoms in total. The van der Waals surface area contributed by atoms with Gasteiger partial charge in [0.15, 0.2) is 0 Å². The number of rotatable bonds is 7. The molecule has 0 unspecified atom stereocenters. The molecule has 0 aliphatic rings. The van der Waals surface area contributed by atoms with Gasteiger partial charge in [-0.2, -0.15) is 0 Å². The number of hydrogen-bond acceptors (Lipinski definition) is 7. The molecule has 3 rings (SSSR count). The second kappa shape index (κ2) is 9.22. The average Bonchev–Trinajstić information content (AvgIpc) is 2.72. The maximum absolute atomic E-state index is 12.4. The van der Waals surface area contributed by atoms with E-state index in [-0.39, 0.29) is 17.4 Å². The molecule has 3 aromatic rings. The topological polar surface area (TPSA) is 130 Å². The Kier molecular flexibility index (Phi) is 6.65. The predicted molar refractivity (Wildman–Crippen MR) is 126 cm³/mol. The van der Waals surface area contributed by atoms with Crippen LogP contribution in [0.5, 0.6) is 0 Å². The van der Waals surface area contributed by atoms with Crippen LogP contribution >= 0.6 is 15.9 Å². The zero-order valence-corrected chi connectivity index (χ0v) is 19.1. The summed E-state index contributed by atoms with van der Waals surface area (Å²) in [5.41, 5.74) is 8.29. The van der Waals surface area contributed by atoms with Gasteiger partial charge in [-0.1, -0.05) is 29.8 Å². The van der Waals surface area contributed by atoms with Gasteiger partial charge in [-0.05, 0) is 48.8 Å². The van der Waals surface area contributed by atoms with Crippen LogP contribution in [0.2, 0.25) is 0 Å². The maximum atomic E-state index is 12.4. The first kappa shape index (κ1) is 22.4. The summed E-state index contributed by atoms with van der Waals surface area (Å²) in [6, 6.07) is 11.0. The van der Waals surface area contributed by atoms with Crippen LogP contribution in [0.1, 0.15) is 41.0 Å². The minimum Gasteiger partial charge on any atom is -0.383 e. The number of halogens is 1. The van der Waals surface area contributed by atoms with Crippen molar-refractivity contribution in [3.8, 4) is 0 Å². The van der Waals surface area contributed by atoms with E-state index in [9.17, 15) is 4.79 Å². The first-order valence-electron chi connectivity index (χ1n) is 9.61. The minimum atomic E-state index is -0.589. The van der Waals surface area contributed by atoms with Crippen molar-refractivity contribution in [2.75, 3.05) is 17.6 Å². The molecular formula is C22H24BrN7O. The van der Waals surface area contributed by atoms with Crippen molar-refractivity contribution in [2.45, 2.75) is 26.3 Å². The fourth-order valence-corrected chi connectivity index (χ4v) is 3.11. The van der Waals surface area contributed by atoms with E-state index in [4.69, 9.17) is 11.1 Å². The summed E-state index contributed by atoms with van der Waals surface area (Å²) in [4.78, 5) is 24.9. The first-order valence-corrected chi connectivity index (χ1v) is 10.4. The van der Waals surface area contributed by atoms with E-state index in [2.05, 4.69) is 41.5 Å². The highest BCUT2D eigenvalue weighted by Crippen LogP contribution is 2.24. The Hall–Kier alpha value is -3.33. The van der Waals surface area contributed by atoms with Crippen LogP contribution in [-0.2, 0) is 0 Å². The van der Waals surface area contributed by atoms with E-state index in [1.54, 1.807) is 18.3 Å². The molecule has 31 heavy (non-hydrogen) atoms. The van der Waals surface area contributed by atoms with Crippen LogP contribution in [-0.4, -0.2) is 38.7 Å². The van der Waals surface area contributed by atoms with E-state index in [0.29, 0.717) is 29.2 Å². The molecule has 0 atom stereocenters. The third-order valence-electron chi connectivity index (χ3n) is 4.57. The van der Waals surface area contributed by atoms with Gasteiger partial charge in [0.1, 0.15) is 23.7 Å². The molecule has 0 saturated carbocycles. The minimum absolute atomic E-state index is 0.210. The molecule has 0 bridgehead atoms. The second-order valence-electron chi connectivity index (χ2n) is 7.78. The van der Waals surface area contributed by atoms with Crippen molar-refractivity contribution in [3.63, 3.8) is 0 Å². The van der Waals surface area contributed by atoms with Crippen LogP contribution in [0, 0.1) is 12.3 Å². The summed E-state index contributed by atoms with van der Waals surface area (Å²) in [5, 5.41) is 14.8. The number of nitrogens with zero attached hydrogens (tertiary/aromatic N) is 3. The van der Waals surface area contributed by atoms with Crippen LogP contribution in [0.15, 0.2) is 53.4 Å². The monoisotopic (exact) mass is 481 g/mol. The van der Waals surface area contributed by atoms with Gasteiger partial charge in [-0.15, -0.1) is 0 Å². The number of aryl methyl sites for hydroxylation is 1. The third kappa shape index (κ3) is 5.64. The summed E-state index contributed by atoms with van der Waals surface area (Å²) in [7, 11) is 0. The molecule has 2 heterocycles. The molecule has 160 valence electrons. The molecule has 1 aromatic carbocycles. The predicted octanol–water partition coefficient (Wildman–Crippen LogP) is 3.56. The number of benzene rings is 1. The molecule has 0 spiro atoms. The number of pyridine rings is 1. The lowest BCUT2D eigenvalue weighted by Gasteiger charge is -2.28. The first-order chi connectivity index (χ1) is 14.7. The van der Waals surface area contributed by atoms with E-state index >= 15 is 0 Å². The number of carbonyl (C=O) groups is 1. The Morgan fingerprint density at radius 2 is 1.84 bits per heavy atom. The Labute approximate surface area is 189 Å². The third-order valence-corrected chi connectivity index (χ3v) is 5.04. The van der Waals surface area contributed by atoms with Gasteiger partial charge in [-0.3, -0.25) is 10.2 Å². The van der Waals surface area contributed by atoms with Crippen molar-refractivity contribution in [3.05, 3.63) is 75.8 Å². The van der Waals surface area contributed by atoms with Crippen LogP contribution in [0.25, 0.3) is 0 Å². The molecule has 1 amide bonds. The van der Waals surface area contributed by atoms with Gasteiger partial charge in [0.05, 0.1) is 16.8 Å². The summed E-state index contributed by atoms with van der Waals surface area (Å²) in [6.45, 7) is 6.12. The van der Waals surface area contributed by atoms with Crippen LogP contribution in [0.3, 0.4) is 0 Å². The number of amides is 1. The zero-order valence-electron chi connectivity index (χ0n) is 17.5. The van der Waals surface area contributed by atoms with Gasteiger partial charge in [0, 0.05) is 22.8 Å². The number of nitrogens with one attached hydrogen (secondary N) is 3. The molecule has 0 fully saturated rings. The zero-order chi connectivity index (χ0) is 22.6.